The molecule has 18 heavy (non-hydrogen) atoms. The Bertz CT molecular complexity index is 502. The molecule has 0 bridgehead atoms. The molecule has 1 aromatic rings. The minimum absolute atomic E-state index is 0.0790. The van der Waals surface area contributed by atoms with Crippen LogP contribution in [0.3, 0.4) is 0 Å². The second kappa shape index (κ2) is 5.50. The third-order valence-electron chi connectivity index (χ3n) is 2.91. The first-order chi connectivity index (χ1) is 8.34. The van der Waals surface area contributed by atoms with Gasteiger partial charge in [0.15, 0.2) is 0 Å². The molecular weight excluding hydrogens is 257 g/mol. The summed E-state index contributed by atoms with van der Waals surface area (Å²) in [6, 6.07) is 3.67. The van der Waals surface area contributed by atoms with Gasteiger partial charge in [-0.15, -0.1) is 0 Å². The Morgan fingerprint density at radius 1 is 1.56 bits per heavy atom. The van der Waals surface area contributed by atoms with Gasteiger partial charge in [-0.1, -0.05) is 13.8 Å². The molecule has 1 rings (SSSR count). The molecule has 1 aromatic carbocycles. The standard InChI is InChI=1S/C11H16NO5P/c1-4-8(2)18(15,16)11-6-5-9(12(13)14)7-10(11)17-3/h5-8H,4H2,1-3H3,(H,15,16). The smallest absolute Gasteiger partial charge is 0.273 e. The number of hydrogen-bond donors (Lipinski definition) is 1. The Morgan fingerprint density at radius 2 is 2.17 bits per heavy atom. The van der Waals surface area contributed by atoms with E-state index in [9.17, 15) is 19.6 Å². The highest BCUT2D eigenvalue weighted by atomic mass is 31.2. The highest BCUT2D eigenvalue weighted by Gasteiger charge is 2.32. The number of nitro benzene ring substituents is 1. The third kappa shape index (κ3) is 2.71. The van der Waals surface area contributed by atoms with Gasteiger partial charge in [0.05, 0.1) is 23.4 Å². The van der Waals surface area contributed by atoms with E-state index in [1.165, 1.54) is 25.3 Å². The zero-order valence-corrected chi connectivity index (χ0v) is 11.4. The topological polar surface area (TPSA) is 89.7 Å². The number of benzene rings is 1. The third-order valence-corrected chi connectivity index (χ3v) is 5.53. The molecule has 1 N–H and O–H groups in total. The van der Waals surface area contributed by atoms with Crippen molar-refractivity contribution < 1.29 is 19.1 Å². The van der Waals surface area contributed by atoms with Crippen molar-refractivity contribution in [2.75, 3.05) is 7.11 Å². The predicted molar refractivity (Wildman–Crippen MR) is 68.9 cm³/mol. The van der Waals surface area contributed by atoms with Crippen LogP contribution in [0.1, 0.15) is 20.3 Å². The van der Waals surface area contributed by atoms with Crippen LogP contribution in [-0.4, -0.2) is 22.6 Å². The Kier molecular flexibility index (Phi) is 4.48. The van der Waals surface area contributed by atoms with E-state index in [0.29, 0.717) is 6.42 Å². The highest BCUT2D eigenvalue weighted by molar-refractivity contribution is 7.67. The molecule has 0 fully saturated rings. The summed E-state index contributed by atoms with van der Waals surface area (Å²) in [7, 11) is -2.27. The second-order valence-electron chi connectivity index (χ2n) is 3.99. The summed E-state index contributed by atoms with van der Waals surface area (Å²) in [6.07, 6.45) is 0.536. The molecule has 2 atom stereocenters. The first-order valence-corrected chi connectivity index (χ1v) is 7.23. The molecular formula is C11H16NO5P. The van der Waals surface area contributed by atoms with Gasteiger partial charge in [0, 0.05) is 11.7 Å². The van der Waals surface area contributed by atoms with E-state index >= 15 is 0 Å². The average Bonchev–Trinajstić information content (AvgIpc) is 2.36. The van der Waals surface area contributed by atoms with Crippen molar-refractivity contribution >= 4 is 18.4 Å². The number of nitro groups is 1. The summed E-state index contributed by atoms with van der Waals surface area (Å²) >= 11 is 0. The lowest BCUT2D eigenvalue weighted by Gasteiger charge is -2.20. The van der Waals surface area contributed by atoms with Crippen molar-refractivity contribution in [2.45, 2.75) is 25.9 Å². The first kappa shape index (κ1) is 14.7. The number of rotatable bonds is 5. The van der Waals surface area contributed by atoms with Gasteiger partial charge in [-0.2, -0.15) is 0 Å². The van der Waals surface area contributed by atoms with Crippen LogP contribution in [0, 0.1) is 10.1 Å². The summed E-state index contributed by atoms with van der Waals surface area (Å²) in [5.41, 5.74) is -0.590. The Balaban J connectivity index is 3.33. The largest absolute Gasteiger partial charge is 0.496 e. The van der Waals surface area contributed by atoms with Crippen molar-refractivity contribution in [3.8, 4) is 5.75 Å². The maximum atomic E-state index is 12.3. The zero-order chi connectivity index (χ0) is 13.9. The van der Waals surface area contributed by atoms with Crippen molar-refractivity contribution in [3.63, 3.8) is 0 Å². The Labute approximate surface area is 105 Å². The number of hydrogen-bond acceptors (Lipinski definition) is 4. The van der Waals surface area contributed by atoms with Crippen LogP contribution < -0.4 is 10.0 Å². The number of ether oxygens (including phenoxy) is 1. The van der Waals surface area contributed by atoms with Crippen molar-refractivity contribution in [1.82, 2.24) is 0 Å². The van der Waals surface area contributed by atoms with Gasteiger partial charge in [-0.05, 0) is 12.5 Å². The lowest BCUT2D eigenvalue weighted by molar-refractivity contribution is -0.384. The molecule has 0 heterocycles. The molecule has 0 aliphatic rings. The van der Waals surface area contributed by atoms with Crippen LogP contribution in [0.15, 0.2) is 18.2 Å². The lowest BCUT2D eigenvalue weighted by atomic mass is 10.3. The van der Waals surface area contributed by atoms with E-state index in [2.05, 4.69) is 0 Å². The average molecular weight is 273 g/mol. The molecule has 0 saturated heterocycles. The van der Waals surface area contributed by atoms with Crippen molar-refractivity contribution in [1.29, 1.82) is 0 Å². The molecule has 0 radical (unpaired) electrons. The predicted octanol–water partition coefficient (Wildman–Crippen LogP) is 2.30. The van der Waals surface area contributed by atoms with E-state index in [4.69, 9.17) is 4.74 Å². The van der Waals surface area contributed by atoms with Gasteiger partial charge in [-0.3, -0.25) is 14.7 Å². The van der Waals surface area contributed by atoms with Crippen LogP contribution in [0.25, 0.3) is 0 Å². The summed E-state index contributed by atoms with van der Waals surface area (Å²) in [6.45, 7) is 3.48. The minimum Gasteiger partial charge on any atom is -0.496 e. The van der Waals surface area contributed by atoms with E-state index < -0.39 is 18.0 Å². The molecule has 6 nitrogen and oxygen atoms in total. The fourth-order valence-electron chi connectivity index (χ4n) is 1.53. The molecule has 2 unspecified atom stereocenters. The summed E-state index contributed by atoms with van der Waals surface area (Å²) in [5.74, 6) is 0.0790. The van der Waals surface area contributed by atoms with Crippen LogP contribution in [-0.2, 0) is 4.57 Å². The van der Waals surface area contributed by atoms with Crippen molar-refractivity contribution in [3.05, 3.63) is 28.3 Å². The monoisotopic (exact) mass is 273 g/mol. The SMILES string of the molecule is CCC(C)P(=O)(O)c1ccc([N+](=O)[O-])cc1OC. The summed E-state index contributed by atoms with van der Waals surface area (Å²) in [4.78, 5) is 20.2. The maximum absolute atomic E-state index is 12.3. The molecule has 0 aromatic heterocycles. The minimum atomic E-state index is -3.59. The molecule has 0 saturated carbocycles. The van der Waals surface area contributed by atoms with Gasteiger partial charge in [0.2, 0.25) is 7.37 Å². The quantitative estimate of drug-likeness (QED) is 0.505. The van der Waals surface area contributed by atoms with Gasteiger partial charge in [-0.25, -0.2) is 0 Å². The molecule has 0 spiro atoms. The van der Waals surface area contributed by atoms with Gasteiger partial charge >= 0.3 is 0 Å². The van der Waals surface area contributed by atoms with Crippen LogP contribution >= 0.6 is 7.37 Å². The summed E-state index contributed by atoms with van der Waals surface area (Å²) in [5, 5.41) is 10.8. The van der Waals surface area contributed by atoms with E-state index in [1.54, 1.807) is 6.92 Å². The van der Waals surface area contributed by atoms with Crippen LogP contribution in [0.2, 0.25) is 0 Å². The number of nitrogens with zero attached hydrogens (tertiary/aromatic N) is 1. The van der Waals surface area contributed by atoms with E-state index in [0.717, 1.165) is 0 Å². The van der Waals surface area contributed by atoms with Crippen LogP contribution in [0.4, 0.5) is 5.69 Å². The molecule has 100 valence electrons. The van der Waals surface area contributed by atoms with E-state index in [1.807, 2.05) is 6.92 Å². The molecule has 0 aliphatic heterocycles. The Hall–Kier alpha value is -1.39. The Morgan fingerprint density at radius 3 is 2.61 bits per heavy atom. The fraction of sp³-hybridized carbons (Fsp3) is 0.455. The molecule has 7 heteroatoms. The van der Waals surface area contributed by atoms with Crippen LogP contribution in [0.5, 0.6) is 5.75 Å². The molecule has 0 amide bonds. The fourth-order valence-corrected chi connectivity index (χ4v) is 3.26. The second-order valence-corrected chi connectivity index (χ2v) is 6.60. The summed E-state index contributed by atoms with van der Waals surface area (Å²) < 4.78 is 17.3. The van der Waals surface area contributed by atoms with E-state index in [-0.39, 0.29) is 16.7 Å². The number of non-ortho nitro benzene ring substituents is 1. The zero-order valence-electron chi connectivity index (χ0n) is 10.5. The van der Waals surface area contributed by atoms with Gasteiger partial charge in [0.25, 0.3) is 5.69 Å². The van der Waals surface area contributed by atoms with Gasteiger partial charge < -0.3 is 9.63 Å². The first-order valence-electron chi connectivity index (χ1n) is 5.50. The normalized spacial score (nSPS) is 15.8. The molecule has 0 aliphatic carbocycles. The van der Waals surface area contributed by atoms with Crippen molar-refractivity contribution in [2.24, 2.45) is 0 Å². The van der Waals surface area contributed by atoms with Gasteiger partial charge in [0.1, 0.15) is 5.75 Å². The number of methoxy groups -OCH3 is 1. The highest BCUT2D eigenvalue weighted by Crippen LogP contribution is 2.49. The maximum Gasteiger partial charge on any atom is 0.273 e. The lowest BCUT2D eigenvalue weighted by Crippen LogP contribution is -2.16.